The largest absolute Gasteiger partial charge is 0.326 e. The van der Waals surface area contributed by atoms with E-state index in [0.717, 1.165) is 19.5 Å². The zero-order chi connectivity index (χ0) is 7.56. The van der Waals surface area contributed by atoms with Gasteiger partial charge in [0.1, 0.15) is 0 Å². The zero-order valence-electron chi connectivity index (χ0n) is 5.69. The molecule has 0 radical (unpaired) electrons. The zero-order valence-corrected chi connectivity index (χ0v) is 6.59. The monoisotopic (exact) mass is 164 g/mol. The minimum Gasteiger partial charge on any atom is -0.326 e. The van der Waals surface area contributed by atoms with Crippen molar-refractivity contribution in [3.63, 3.8) is 0 Å². The van der Waals surface area contributed by atoms with Gasteiger partial charge in [0.15, 0.2) is 10.7 Å². The van der Waals surface area contributed by atoms with Crippen molar-refractivity contribution < 1.29 is 8.42 Å². The summed E-state index contributed by atoms with van der Waals surface area (Å²) in [6, 6.07) is 0.176. The van der Waals surface area contributed by atoms with Crippen molar-refractivity contribution in [3.8, 4) is 0 Å². The van der Waals surface area contributed by atoms with E-state index in [-0.39, 0.29) is 11.9 Å². The second kappa shape index (κ2) is 3.32. The van der Waals surface area contributed by atoms with Crippen LogP contribution in [0.25, 0.3) is 0 Å². The van der Waals surface area contributed by atoms with Crippen LogP contribution in [0, 0.1) is 0 Å². The number of likely N-dealkylation sites (tertiary alicyclic amines) is 1. The van der Waals surface area contributed by atoms with Crippen molar-refractivity contribution in [2.75, 3.05) is 19.0 Å². The van der Waals surface area contributed by atoms with Crippen LogP contribution < -0.4 is 5.73 Å². The Kier molecular flexibility index (Phi) is 2.64. The lowest BCUT2D eigenvalue weighted by atomic mass is 10.3. The smallest absolute Gasteiger partial charge is 0.153 e. The van der Waals surface area contributed by atoms with E-state index in [1.807, 2.05) is 4.90 Å². The fraction of sp³-hybridized carbons (Fsp3) is 1.00. The SMILES string of the molecule is N[C@@H]1CCN(C[SH](=O)=O)C1. The van der Waals surface area contributed by atoms with Crippen LogP contribution in [0.1, 0.15) is 6.42 Å². The molecular formula is C5H12N2O2S. The molecule has 0 unspecified atom stereocenters. The van der Waals surface area contributed by atoms with Crippen molar-refractivity contribution >= 4 is 10.7 Å². The first-order valence-electron chi connectivity index (χ1n) is 3.28. The van der Waals surface area contributed by atoms with Gasteiger partial charge in [0, 0.05) is 19.1 Å². The predicted molar refractivity (Wildman–Crippen MR) is 39.3 cm³/mol. The second-order valence-electron chi connectivity index (χ2n) is 2.60. The van der Waals surface area contributed by atoms with Gasteiger partial charge in [-0.3, -0.25) is 4.90 Å². The highest BCUT2D eigenvalue weighted by atomic mass is 32.2. The first kappa shape index (κ1) is 7.97. The molecule has 1 saturated heterocycles. The maximum Gasteiger partial charge on any atom is 0.153 e. The highest BCUT2D eigenvalue weighted by Gasteiger charge is 2.18. The van der Waals surface area contributed by atoms with Crippen LogP contribution >= 0.6 is 0 Å². The van der Waals surface area contributed by atoms with Crippen LogP contribution in [-0.4, -0.2) is 38.3 Å². The van der Waals surface area contributed by atoms with Gasteiger partial charge in [-0.1, -0.05) is 0 Å². The molecule has 1 rings (SSSR count). The molecule has 0 bridgehead atoms. The number of nitrogens with zero attached hydrogens (tertiary/aromatic N) is 1. The van der Waals surface area contributed by atoms with E-state index in [0.29, 0.717) is 0 Å². The highest BCUT2D eigenvalue weighted by molar-refractivity contribution is 7.72. The Morgan fingerprint density at radius 1 is 1.60 bits per heavy atom. The molecule has 1 atom stereocenters. The summed E-state index contributed by atoms with van der Waals surface area (Å²) in [6.07, 6.45) is 0.920. The average Bonchev–Trinajstić information content (AvgIpc) is 2.13. The minimum absolute atomic E-state index is 0.170. The first-order chi connectivity index (χ1) is 4.68. The van der Waals surface area contributed by atoms with Gasteiger partial charge >= 0.3 is 0 Å². The van der Waals surface area contributed by atoms with Crippen molar-refractivity contribution in [2.24, 2.45) is 5.73 Å². The van der Waals surface area contributed by atoms with E-state index in [9.17, 15) is 8.42 Å². The van der Waals surface area contributed by atoms with Gasteiger partial charge in [0.25, 0.3) is 0 Å². The molecule has 0 amide bonds. The summed E-state index contributed by atoms with van der Waals surface area (Å²) in [5.41, 5.74) is 5.56. The van der Waals surface area contributed by atoms with E-state index < -0.39 is 10.7 Å². The second-order valence-corrected chi connectivity index (χ2v) is 3.55. The quantitative estimate of drug-likeness (QED) is 0.492. The maximum absolute atomic E-state index is 10.2. The van der Waals surface area contributed by atoms with Crippen LogP contribution in [0.2, 0.25) is 0 Å². The van der Waals surface area contributed by atoms with E-state index in [2.05, 4.69) is 0 Å². The van der Waals surface area contributed by atoms with Crippen molar-refractivity contribution in [1.82, 2.24) is 4.90 Å². The fourth-order valence-corrected chi connectivity index (χ4v) is 1.74. The number of hydrogen-bond acceptors (Lipinski definition) is 4. The number of nitrogens with two attached hydrogens (primary N) is 1. The third-order valence-corrected chi connectivity index (χ3v) is 2.26. The molecule has 1 heterocycles. The molecule has 0 saturated carbocycles. The van der Waals surface area contributed by atoms with Gasteiger partial charge in [0.2, 0.25) is 0 Å². The van der Waals surface area contributed by atoms with Crippen molar-refractivity contribution in [3.05, 3.63) is 0 Å². The molecule has 0 aromatic heterocycles. The molecule has 5 heteroatoms. The Morgan fingerprint density at radius 3 is 2.70 bits per heavy atom. The normalized spacial score (nSPS) is 28.0. The minimum atomic E-state index is -2.26. The number of hydrogen-bond donors (Lipinski definition) is 2. The standard InChI is InChI=1S/C5H12N2O2S/c6-5-1-2-7(3-5)4-10(8)9/h5,10H,1-4,6H2/t5-/m1/s1. The van der Waals surface area contributed by atoms with Gasteiger partial charge in [-0.2, -0.15) is 0 Å². The molecule has 0 aliphatic carbocycles. The van der Waals surface area contributed by atoms with Gasteiger partial charge in [0.05, 0.1) is 5.88 Å². The number of rotatable bonds is 2. The van der Waals surface area contributed by atoms with Crippen molar-refractivity contribution in [1.29, 1.82) is 0 Å². The van der Waals surface area contributed by atoms with Gasteiger partial charge in [-0.15, -0.1) is 0 Å². The van der Waals surface area contributed by atoms with E-state index in [1.54, 1.807) is 0 Å². The summed E-state index contributed by atoms with van der Waals surface area (Å²) >= 11 is 0. The Bertz CT molecular complexity index is 172. The predicted octanol–water partition coefficient (Wildman–Crippen LogP) is -1.41. The van der Waals surface area contributed by atoms with Crippen LogP contribution in [0.15, 0.2) is 0 Å². The molecule has 1 aliphatic heterocycles. The molecule has 0 spiro atoms. The van der Waals surface area contributed by atoms with Gasteiger partial charge in [-0.05, 0) is 6.42 Å². The topological polar surface area (TPSA) is 63.4 Å². The molecule has 4 nitrogen and oxygen atoms in total. The number of thiol groups is 1. The summed E-state index contributed by atoms with van der Waals surface area (Å²) in [5, 5.41) is 0. The lowest BCUT2D eigenvalue weighted by Gasteiger charge is -2.08. The highest BCUT2D eigenvalue weighted by Crippen LogP contribution is 2.05. The third kappa shape index (κ3) is 2.24. The summed E-state index contributed by atoms with van der Waals surface area (Å²) < 4.78 is 20.4. The van der Waals surface area contributed by atoms with Crippen LogP contribution in [0.4, 0.5) is 0 Å². The summed E-state index contributed by atoms with van der Waals surface area (Å²) in [5.74, 6) is 0.170. The molecule has 2 N–H and O–H groups in total. The maximum atomic E-state index is 10.2. The Morgan fingerprint density at radius 2 is 2.30 bits per heavy atom. The van der Waals surface area contributed by atoms with E-state index in [1.165, 1.54) is 0 Å². The van der Waals surface area contributed by atoms with Crippen LogP contribution in [0.5, 0.6) is 0 Å². The van der Waals surface area contributed by atoms with E-state index in [4.69, 9.17) is 5.73 Å². The van der Waals surface area contributed by atoms with Gasteiger partial charge < -0.3 is 5.73 Å². The Labute approximate surface area is 62.0 Å². The summed E-state index contributed by atoms with van der Waals surface area (Å²) in [4.78, 5) is 1.86. The molecule has 0 aromatic carbocycles. The lowest BCUT2D eigenvalue weighted by Crippen LogP contribution is -2.27. The third-order valence-electron chi connectivity index (χ3n) is 1.62. The van der Waals surface area contributed by atoms with Crippen LogP contribution in [0.3, 0.4) is 0 Å². The molecule has 1 fully saturated rings. The Hall–Kier alpha value is -0.130. The Balaban J connectivity index is 2.31. The van der Waals surface area contributed by atoms with Crippen LogP contribution in [-0.2, 0) is 10.7 Å². The first-order valence-corrected chi connectivity index (χ1v) is 4.64. The molecule has 60 valence electrons. The fourth-order valence-electron chi connectivity index (χ4n) is 1.15. The molecule has 0 aromatic rings. The average molecular weight is 164 g/mol. The molecular weight excluding hydrogens is 152 g/mol. The molecule has 1 aliphatic rings. The van der Waals surface area contributed by atoms with Gasteiger partial charge in [-0.25, -0.2) is 8.42 Å². The summed E-state index contributed by atoms with van der Waals surface area (Å²) in [6.45, 7) is 1.55. The van der Waals surface area contributed by atoms with Crippen molar-refractivity contribution in [2.45, 2.75) is 12.5 Å². The van der Waals surface area contributed by atoms with E-state index >= 15 is 0 Å². The summed E-state index contributed by atoms with van der Waals surface area (Å²) in [7, 11) is -2.26. The molecule has 10 heavy (non-hydrogen) atoms. The lowest BCUT2D eigenvalue weighted by molar-refractivity contribution is 0.386.